The standard InChI is InChI=1S/C22H29N5O2/c1-26-10-12-27(13-11-26)19-6-4-18(5-7-19)25-22(28)17-8-9-23-21(15-17)24-16-20-3-2-14-29-20/h4-9,15,20H,2-3,10-14,16H2,1H3,(H,23,24)(H,25,28). The number of aromatic nitrogens is 1. The Morgan fingerprint density at radius 2 is 1.97 bits per heavy atom. The van der Waals surface area contributed by atoms with Crippen molar-refractivity contribution in [2.24, 2.45) is 0 Å². The van der Waals surface area contributed by atoms with Crippen molar-refractivity contribution in [2.45, 2.75) is 18.9 Å². The number of carbonyl (C=O) groups is 1. The first-order valence-electron chi connectivity index (χ1n) is 10.3. The van der Waals surface area contributed by atoms with E-state index in [0.29, 0.717) is 17.9 Å². The molecule has 29 heavy (non-hydrogen) atoms. The number of carbonyl (C=O) groups excluding carboxylic acids is 1. The summed E-state index contributed by atoms with van der Waals surface area (Å²) in [6.07, 6.45) is 4.06. The Kier molecular flexibility index (Phi) is 6.27. The number of piperazine rings is 1. The highest BCUT2D eigenvalue weighted by Crippen LogP contribution is 2.20. The Morgan fingerprint density at radius 1 is 1.17 bits per heavy atom. The van der Waals surface area contributed by atoms with Crippen LogP contribution >= 0.6 is 0 Å². The zero-order valence-corrected chi connectivity index (χ0v) is 16.9. The molecule has 1 amide bonds. The Balaban J connectivity index is 1.33. The van der Waals surface area contributed by atoms with E-state index in [0.717, 1.165) is 51.3 Å². The van der Waals surface area contributed by atoms with Gasteiger partial charge in [0.15, 0.2) is 0 Å². The van der Waals surface area contributed by atoms with Crippen molar-refractivity contribution < 1.29 is 9.53 Å². The van der Waals surface area contributed by atoms with E-state index in [1.807, 2.05) is 12.1 Å². The van der Waals surface area contributed by atoms with Crippen LogP contribution in [0.1, 0.15) is 23.2 Å². The number of pyridine rings is 1. The van der Waals surface area contributed by atoms with Gasteiger partial charge >= 0.3 is 0 Å². The summed E-state index contributed by atoms with van der Waals surface area (Å²) in [6, 6.07) is 11.6. The average Bonchev–Trinajstić information content (AvgIpc) is 3.27. The zero-order valence-electron chi connectivity index (χ0n) is 16.9. The summed E-state index contributed by atoms with van der Waals surface area (Å²) in [5.74, 6) is 0.554. The van der Waals surface area contributed by atoms with E-state index in [9.17, 15) is 4.79 Å². The molecule has 2 saturated heterocycles. The maximum atomic E-state index is 12.6. The molecule has 1 unspecified atom stereocenters. The van der Waals surface area contributed by atoms with Gasteiger partial charge in [0.2, 0.25) is 0 Å². The summed E-state index contributed by atoms with van der Waals surface area (Å²) < 4.78 is 5.61. The second kappa shape index (κ2) is 9.24. The van der Waals surface area contributed by atoms with E-state index in [2.05, 4.69) is 44.6 Å². The van der Waals surface area contributed by atoms with Crippen LogP contribution in [0.15, 0.2) is 42.6 Å². The maximum Gasteiger partial charge on any atom is 0.255 e. The number of ether oxygens (including phenoxy) is 1. The number of nitrogens with zero attached hydrogens (tertiary/aromatic N) is 3. The van der Waals surface area contributed by atoms with Crippen LogP contribution in [-0.4, -0.2) is 68.3 Å². The number of nitrogens with one attached hydrogen (secondary N) is 2. The highest BCUT2D eigenvalue weighted by atomic mass is 16.5. The van der Waals surface area contributed by atoms with E-state index in [1.54, 1.807) is 18.3 Å². The molecule has 2 aliphatic heterocycles. The van der Waals surface area contributed by atoms with Crippen molar-refractivity contribution in [3.05, 3.63) is 48.2 Å². The van der Waals surface area contributed by atoms with E-state index in [-0.39, 0.29) is 12.0 Å². The van der Waals surface area contributed by atoms with Gasteiger partial charge in [0.25, 0.3) is 5.91 Å². The SMILES string of the molecule is CN1CCN(c2ccc(NC(=O)c3ccnc(NCC4CCCO4)c3)cc2)CC1. The molecule has 2 N–H and O–H groups in total. The highest BCUT2D eigenvalue weighted by Gasteiger charge is 2.16. The molecule has 7 nitrogen and oxygen atoms in total. The fraction of sp³-hybridized carbons (Fsp3) is 0.455. The van der Waals surface area contributed by atoms with Gasteiger partial charge in [-0.1, -0.05) is 0 Å². The molecule has 0 radical (unpaired) electrons. The van der Waals surface area contributed by atoms with Gasteiger partial charge in [-0.2, -0.15) is 0 Å². The monoisotopic (exact) mass is 395 g/mol. The van der Waals surface area contributed by atoms with Crippen LogP contribution in [0.25, 0.3) is 0 Å². The van der Waals surface area contributed by atoms with E-state index >= 15 is 0 Å². The zero-order chi connectivity index (χ0) is 20.1. The van der Waals surface area contributed by atoms with Gasteiger partial charge < -0.3 is 25.2 Å². The Labute approximate surface area is 172 Å². The molecule has 4 rings (SSSR count). The first-order chi connectivity index (χ1) is 14.2. The lowest BCUT2D eigenvalue weighted by atomic mass is 10.2. The molecule has 154 valence electrons. The Hall–Kier alpha value is -2.64. The minimum absolute atomic E-state index is 0.139. The lowest BCUT2D eigenvalue weighted by Crippen LogP contribution is -2.44. The largest absolute Gasteiger partial charge is 0.376 e. The smallest absolute Gasteiger partial charge is 0.255 e. The molecule has 0 saturated carbocycles. The second-order valence-corrected chi connectivity index (χ2v) is 7.74. The van der Waals surface area contributed by atoms with Crippen LogP contribution in [0.4, 0.5) is 17.2 Å². The lowest BCUT2D eigenvalue weighted by Gasteiger charge is -2.34. The first-order valence-corrected chi connectivity index (χ1v) is 10.3. The quantitative estimate of drug-likeness (QED) is 0.784. The van der Waals surface area contributed by atoms with Crippen LogP contribution in [0.2, 0.25) is 0 Å². The molecule has 1 aromatic heterocycles. The summed E-state index contributed by atoms with van der Waals surface area (Å²) in [4.78, 5) is 21.7. The second-order valence-electron chi connectivity index (χ2n) is 7.74. The van der Waals surface area contributed by atoms with Crippen molar-refractivity contribution in [3.8, 4) is 0 Å². The molecular weight excluding hydrogens is 366 g/mol. The lowest BCUT2D eigenvalue weighted by molar-refractivity contribution is 0.102. The van der Waals surface area contributed by atoms with E-state index < -0.39 is 0 Å². The van der Waals surface area contributed by atoms with Gasteiger partial charge in [-0.25, -0.2) is 4.98 Å². The number of hydrogen-bond acceptors (Lipinski definition) is 6. The molecule has 0 spiro atoms. The van der Waals surface area contributed by atoms with Crippen LogP contribution in [-0.2, 0) is 4.74 Å². The summed E-state index contributed by atoms with van der Waals surface area (Å²) in [5.41, 5.74) is 2.57. The predicted octanol–water partition coefficient (Wildman–Crippen LogP) is 2.68. The predicted molar refractivity (Wildman–Crippen MR) is 116 cm³/mol. The minimum atomic E-state index is -0.139. The van der Waals surface area contributed by atoms with Gasteiger partial charge in [-0.15, -0.1) is 0 Å². The third-order valence-electron chi connectivity index (χ3n) is 5.55. The molecular formula is C22H29N5O2. The van der Waals surface area contributed by atoms with Crippen LogP contribution in [0, 0.1) is 0 Å². The van der Waals surface area contributed by atoms with Gasteiger partial charge in [0.05, 0.1) is 6.10 Å². The molecule has 2 aromatic rings. The molecule has 1 atom stereocenters. The Bertz CT molecular complexity index is 812. The molecule has 2 fully saturated rings. The molecule has 2 aliphatic rings. The topological polar surface area (TPSA) is 69.7 Å². The third kappa shape index (κ3) is 5.25. The number of anilines is 3. The number of rotatable bonds is 6. The van der Waals surface area contributed by atoms with Crippen molar-refractivity contribution in [2.75, 3.05) is 61.9 Å². The van der Waals surface area contributed by atoms with Crippen molar-refractivity contribution in [3.63, 3.8) is 0 Å². The third-order valence-corrected chi connectivity index (χ3v) is 5.55. The summed E-state index contributed by atoms with van der Waals surface area (Å²) in [5, 5.41) is 6.24. The molecule has 0 aliphatic carbocycles. The number of likely N-dealkylation sites (N-methyl/N-ethyl adjacent to an activating group) is 1. The molecule has 7 heteroatoms. The maximum absolute atomic E-state index is 12.6. The Morgan fingerprint density at radius 3 is 2.69 bits per heavy atom. The number of benzene rings is 1. The highest BCUT2D eigenvalue weighted by molar-refractivity contribution is 6.04. The van der Waals surface area contributed by atoms with Crippen molar-refractivity contribution >= 4 is 23.1 Å². The molecule has 1 aromatic carbocycles. The van der Waals surface area contributed by atoms with Gasteiger partial charge in [-0.05, 0) is 56.3 Å². The van der Waals surface area contributed by atoms with Gasteiger partial charge in [0, 0.05) is 62.5 Å². The number of amides is 1. The average molecular weight is 396 g/mol. The summed E-state index contributed by atoms with van der Waals surface area (Å²) in [6.45, 7) is 5.75. The summed E-state index contributed by atoms with van der Waals surface area (Å²) in [7, 11) is 2.15. The minimum Gasteiger partial charge on any atom is -0.376 e. The molecule has 3 heterocycles. The van der Waals surface area contributed by atoms with Crippen LogP contribution in [0.3, 0.4) is 0 Å². The fourth-order valence-electron chi connectivity index (χ4n) is 3.72. The normalized spacial score (nSPS) is 19.9. The summed E-state index contributed by atoms with van der Waals surface area (Å²) >= 11 is 0. The fourth-order valence-corrected chi connectivity index (χ4v) is 3.72. The first kappa shape index (κ1) is 19.7. The van der Waals surface area contributed by atoms with Crippen LogP contribution in [0.5, 0.6) is 0 Å². The van der Waals surface area contributed by atoms with Crippen molar-refractivity contribution in [1.29, 1.82) is 0 Å². The van der Waals surface area contributed by atoms with Crippen molar-refractivity contribution in [1.82, 2.24) is 9.88 Å². The number of hydrogen-bond donors (Lipinski definition) is 2. The van der Waals surface area contributed by atoms with Gasteiger partial charge in [-0.3, -0.25) is 4.79 Å². The van der Waals surface area contributed by atoms with E-state index in [1.165, 1.54) is 5.69 Å². The van der Waals surface area contributed by atoms with Crippen LogP contribution < -0.4 is 15.5 Å². The molecule has 0 bridgehead atoms. The van der Waals surface area contributed by atoms with Gasteiger partial charge in [0.1, 0.15) is 5.82 Å². The van der Waals surface area contributed by atoms with E-state index in [4.69, 9.17) is 4.74 Å².